The summed E-state index contributed by atoms with van der Waals surface area (Å²) in [4.78, 5) is 4.74. The van der Waals surface area contributed by atoms with Crippen LogP contribution in [0.1, 0.15) is 17.5 Å². The quantitative estimate of drug-likeness (QED) is 0.652. The minimum Gasteiger partial charge on any atom is -0.497 e. The predicted molar refractivity (Wildman–Crippen MR) is 94.5 cm³/mol. The van der Waals surface area contributed by atoms with E-state index in [1.807, 2.05) is 31.2 Å². The number of aromatic nitrogens is 1. The number of thiazole rings is 1. The molecule has 0 unspecified atom stereocenters. The molecule has 0 saturated heterocycles. The van der Waals surface area contributed by atoms with E-state index in [1.54, 1.807) is 18.4 Å². The Labute approximate surface area is 140 Å². The average Bonchev–Trinajstić information content (AvgIpc) is 3.05. The van der Waals surface area contributed by atoms with Gasteiger partial charge in [-0.05, 0) is 48.9 Å². The summed E-state index contributed by atoms with van der Waals surface area (Å²) in [5.41, 5.74) is 3.37. The molecule has 2 aromatic carbocycles. The lowest BCUT2D eigenvalue weighted by molar-refractivity contribution is 0.340. The van der Waals surface area contributed by atoms with Crippen molar-refractivity contribution in [1.29, 1.82) is 0 Å². The van der Waals surface area contributed by atoms with Crippen molar-refractivity contribution < 1.29 is 9.47 Å². The van der Waals surface area contributed by atoms with Gasteiger partial charge in [-0.2, -0.15) is 0 Å². The summed E-state index contributed by atoms with van der Waals surface area (Å²) in [5, 5.41) is 3.22. The largest absolute Gasteiger partial charge is 0.497 e. The SMILES string of the molecule is CCOc1ccc(-c2csc(Cc3ccc(OC)cc3)n2)cc1. The van der Waals surface area contributed by atoms with Crippen LogP contribution in [0, 0.1) is 0 Å². The molecule has 0 atom stereocenters. The molecule has 0 saturated carbocycles. The topological polar surface area (TPSA) is 31.4 Å². The molecule has 4 heteroatoms. The number of benzene rings is 2. The van der Waals surface area contributed by atoms with Gasteiger partial charge in [-0.3, -0.25) is 0 Å². The van der Waals surface area contributed by atoms with Crippen LogP contribution in [-0.4, -0.2) is 18.7 Å². The molecule has 0 amide bonds. The first kappa shape index (κ1) is 15.6. The fourth-order valence-corrected chi connectivity index (χ4v) is 3.17. The highest BCUT2D eigenvalue weighted by Crippen LogP contribution is 2.25. The zero-order chi connectivity index (χ0) is 16.1. The van der Waals surface area contributed by atoms with Crippen molar-refractivity contribution in [3.05, 3.63) is 64.5 Å². The second-order valence-corrected chi connectivity index (χ2v) is 6.05. The van der Waals surface area contributed by atoms with Gasteiger partial charge >= 0.3 is 0 Å². The fraction of sp³-hybridized carbons (Fsp3) is 0.211. The zero-order valence-corrected chi connectivity index (χ0v) is 14.1. The molecule has 0 N–H and O–H groups in total. The maximum absolute atomic E-state index is 5.47. The molecule has 118 valence electrons. The van der Waals surface area contributed by atoms with E-state index in [4.69, 9.17) is 14.5 Å². The van der Waals surface area contributed by atoms with Gasteiger partial charge in [-0.15, -0.1) is 11.3 Å². The van der Waals surface area contributed by atoms with Crippen LogP contribution in [0.15, 0.2) is 53.9 Å². The first-order valence-corrected chi connectivity index (χ1v) is 8.47. The van der Waals surface area contributed by atoms with Gasteiger partial charge in [0.05, 0.1) is 24.4 Å². The lowest BCUT2D eigenvalue weighted by atomic mass is 10.1. The first-order chi connectivity index (χ1) is 11.3. The van der Waals surface area contributed by atoms with Crippen LogP contribution in [0.5, 0.6) is 11.5 Å². The Hall–Kier alpha value is -2.33. The van der Waals surface area contributed by atoms with Gasteiger partial charge in [-0.25, -0.2) is 4.98 Å². The molecule has 3 rings (SSSR count). The van der Waals surface area contributed by atoms with Gasteiger partial charge < -0.3 is 9.47 Å². The second kappa shape index (κ2) is 7.29. The van der Waals surface area contributed by atoms with Crippen LogP contribution in [-0.2, 0) is 6.42 Å². The van der Waals surface area contributed by atoms with Crippen molar-refractivity contribution in [2.24, 2.45) is 0 Å². The molecule has 1 heterocycles. The molecule has 0 spiro atoms. The number of methoxy groups -OCH3 is 1. The third-order valence-electron chi connectivity index (χ3n) is 3.53. The molecule has 3 aromatic rings. The Balaban J connectivity index is 1.71. The third-order valence-corrected chi connectivity index (χ3v) is 4.38. The van der Waals surface area contributed by atoms with Gasteiger partial charge in [-0.1, -0.05) is 12.1 Å². The van der Waals surface area contributed by atoms with Crippen molar-refractivity contribution >= 4 is 11.3 Å². The molecule has 1 aromatic heterocycles. The smallest absolute Gasteiger partial charge is 0.119 e. The Bertz CT molecular complexity index is 748. The van der Waals surface area contributed by atoms with Crippen LogP contribution in [0.25, 0.3) is 11.3 Å². The predicted octanol–water partition coefficient (Wildman–Crippen LogP) is 4.81. The van der Waals surface area contributed by atoms with E-state index < -0.39 is 0 Å². The van der Waals surface area contributed by atoms with Crippen molar-refractivity contribution in [2.45, 2.75) is 13.3 Å². The van der Waals surface area contributed by atoms with E-state index in [1.165, 1.54) is 5.56 Å². The van der Waals surface area contributed by atoms with Crippen molar-refractivity contribution in [3.63, 3.8) is 0 Å². The summed E-state index contributed by atoms with van der Waals surface area (Å²) in [7, 11) is 1.68. The summed E-state index contributed by atoms with van der Waals surface area (Å²) in [6, 6.07) is 16.2. The van der Waals surface area contributed by atoms with Crippen molar-refractivity contribution in [3.8, 4) is 22.8 Å². The highest BCUT2D eigenvalue weighted by Gasteiger charge is 2.06. The highest BCUT2D eigenvalue weighted by molar-refractivity contribution is 7.10. The maximum atomic E-state index is 5.47. The molecular formula is C19H19NO2S. The van der Waals surface area contributed by atoms with Crippen LogP contribution in [0.4, 0.5) is 0 Å². The van der Waals surface area contributed by atoms with E-state index in [9.17, 15) is 0 Å². The Morgan fingerprint density at radius 2 is 1.65 bits per heavy atom. The van der Waals surface area contributed by atoms with Gasteiger partial charge in [0.2, 0.25) is 0 Å². The molecule has 0 aliphatic carbocycles. The molecular weight excluding hydrogens is 306 g/mol. The molecule has 0 bridgehead atoms. The molecule has 3 nitrogen and oxygen atoms in total. The van der Waals surface area contributed by atoms with Crippen LogP contribution in [0.3, 0.4) is 0 Å². The van der Waals surface area contributed by atoms with Gasteiger partial charge in [0.15, 0.2) is 0 Å². The molecule has 0 aliphatic heterocycles. The fourth-order valence-electron chi connectivity index (χ4n) is 2.33. The van der Waals surface area contributed by atoms with Gasteiger partial charge in [0.25, 0.3) is 0 Å². The normalized spacial score (nSPS) is 10.5. The van der Waals surface area contributed by atoms with E-state index in [0.29, 0.717) is 6.61 Å². The molecule has 0 aliphatic rings. The van der Waals surface area contributed by atoms with Crippen molar-refractivity contribution in [1.82, 2.24) is 4.98 Å². The number of ether oxygens (including phenoxy) is 2. The number of hydrogen-bond acceptors (Lipinski definition) is 4. The zero-order valence-electron chi connectivity index (χ0n) is 13.3. The summed E-state index contributed by atoms with van der Waals surface area (Å²) in [6.45, 7) is 2.67. The molecule has 0 fully saturated rings. The Morgan fingerprint density at radius 1 is 0.957 bits per heavy atom. The van der Waals surface area contributed by atoms with E-state index in [2.05, 4.69) is 29.6 Å². The summed E-state index contributed by atoms with van der Waals surface area (Å²) in [5.74, 6) is 1.77. The second-order valence-electron chi connectivity index (χ2n) is 5.11. The minimum atomic E-state index is 0.683. The number of rotatable bonds is 6. The third kappa shape index (κ3) is 3.90. The Kier molecular flexibility index (Phi) is 4.93. The standard InChI is InChI=1S/C19H19NO2S/c1-3-22-17-10-6-15(7-11-17)18-13-23-19(20-18)12-14-4-8-16(21-2)9-5-14/h4-11,13H,3,12H2,1-2H3. The summed E-state index contributed by atoms with van der Waals surface area (Å²) >= 11 is 1.69. The number of nitrogens with zero attached hydrogens (tertiary/aromatic N) is 1. The highest BCUT2D eigenvalue weighted by atomic mass is 32.1. The Morgan fingerprint density at radius 3 is 2.30 bits per heavy atom. The van der Waals surface area contributed by atoms with Crippen LogP contribution >= 0.6 is 11.3 Å². The minimum absolute atomic E-state index is 0.683. The lowest BCUT2D eigenvalue weighted by Gasteiger charge is -2.03. The van der Waals surface area contributed by atoms with E-state index in [0.717, 1.165) is 34.2 Å². The summed E-state index contributed by atoms with van der Waals surface area (Å²) in [6.07, 6.45) is 0.839. The van der Waals surface area contributed by atoms with Crippen LogP contribution < -0.4 is 9.47 Å². The monoisotopic (exact) mass is 325 g/mol. The van der Waals surface area contributed by atoms with Crippen LogP contribution in [0.2, 0.25) is 0 Å². The lowest BCUT2D eigenvalue weighted by Crippen LogP contribution is -1.91. The number of hydrogen-bond donors (Lipinski definition) is 0. The average molecular weight is 325 g/mol. The molecule has 23 heavy (non-hydrogen) atoms. The van der Waals surface area contributed by atoms with Crippen molar-refractivity contribution in [2.75, 3.05) is 13.7 Å². The first-order valence-electron chi connectivity index (χ1n) is 7.59. The molecule has 0 radical (unpaired) electrons. The maximum Gasteiger partial charge on any atom is 0.119 e. The van der Waals surface area contributed by atoms with Gasteiger partial charge in [0.1, 0.15) is 11.5 Å². The van der Waals surface area contributed by atoms with E-state index >= 15 is 0 Å². The van der Waals surface area contributed by atoms with Gasteiger partial charge in [0, 0.05) is 17.4 Å². The summed E-state index contributed by atoms with van der Waals surface area (Å²) < 4.78 is 10.7. The van der Waals surface area contributed by atoms with E-state index in [-0.39, 0.29) is 0 Å².